The maximum atomic E-state index is 5.95. The van der Waals surface area contributed by atoms with Gasteiger partial charge in [0.2, 0.25) is 0 Å². The Morgan fingerprint density at radius 3 is 3.00 bits per heavy atom. The van der Waals surface area contributed by atoms with E-state index in [1.807, 2.05) is 25.1 Å². The Kier molecular flexibility index (Phi) is 3.20. The van der Waals surface area contributed by atoms with Crippen LogP contribution in [0.2, 0.25) is 5.02 Å². The Hall–Kier alpha value is -1.17. The number of hydrogen-bond donors (Lipinski definition) is 1. The van der Waals surface area contributed by atoms with Crippen molar-refractivity contribution >= 4 is 49.6 Å². The van der Waals surface area contributed by atoms with E-state index in [0.29, 0.717) is 6.54 Å². The van der Waals surface area contributed by atoms with Gasteiger partial charge in [-0.25, -0.2) is 9.97 Å². The minimum Gasteiger partial charge on any atom is -0.356 e. The van der Waals surface area contributed by atoms with E-state index in [-0.39, 0.29) is 0 Å². The van der Waals surface area contributed by atoms with Gasteiger partial charge in [0.15, 0.2) is 5.13 Å². The van der Waals surface area contributed by atoms with Gasteiger partial charge in [-0.2, -0.15) is 0 Å². The van der Waals surface area contributed by atoms with E-state index in [1.54, 1.807) is 22.7 Å². The third-order valence-electron chi connectivity index (χ3n) is 2.44. The predicted molar refractivity (Wildman–Crippen MR) is 78.8 cm³/mol. The van der Waals surface area contributed by atoms with E-state index >= 15 is 0 Å². The second-order valence-corrected chi connectivity index (χ2v) is 6.37. The third-order valence-corrected chi connectivity index (χ3v) is 4.47. The largest absolute Gasteiger partial charge is 0.356 e. The molecule has 0 radical (unpaired) electrons. The van der Waals surface area contributed by atoms with Crippen LogP contribution in [-0.4, -0.2) is 9.97 Å². The molecule has 6 heteroatoms. The van der Waals surface area contributed by atoms with Crippen LogP contribution >= 0.6 is 34.3 Å². The van der Waals surface area contributed by atoms with Gasteiger partial charge in [0.05, 0.1) is 27.5 Å². The summed E-state index contributed by atoms with van der Waals surface area (Å²) >= 11 is 9.22. The molecule has 0 atom stereocenters. The highest BCUT2D eigenvalue weighted by Crippen LogP contribution is 2.28. The number of nitrogens with zero attached hydrogens (tertiary/aromatic N) is 2. The number of aryl methyl sites for hydroxylation is 1. The summed E-state index contributed by atoms with van der Waals surface area (Å²) in [4.78, 5) is 8.91. The lowest BCUT2D eigenvalue weighted by atomic mass is 10.3. The molecule has 0 bridgehead atoms. The van der Waals surface area contributed by atoms with Crippen molar-refractivity contribution in [2.45, 2.75) is 13.5 Å². The summed E-state index contributed by atoms with van der Waals surface area (Å²) < 4.78 is 1.10. The molecule has 2 heterocycles. The van der Waals surface area contributed by atoms with Crippen LogP contribution in [-0.2, 0) is 6.54 Å². The molecule has 2 aromatic heterocycles. The van der Waals surface area contributed by atoms with Gasteiger partial charge in [0.1, 0.15) is 0 Å². The van der Waals surface area contributed by atoms with Crippen molar-refractivity contribution in [3.63, 3.8) is 0 Å². The highest BCUT2D eigenvalue weighted by atomic mass is 35.5. The Labute approximate surface area is 117 Å². The second kappa shape index (κ2) is 4.84. The first-order valence-corrected chi connectivity index (χ1v) is 7.49. The summed E-state index contributed by atoms with van der Waals surface area (Å²) in [7, 11) is 0. The van der Waals surface area contributed by atoms with E-state index in [4.69, 9.17) is 11.6 Å². The molecule has 0 saturated heterocycles. The lowest BCUT2D eigenvalue weighted by Gasteiger charge is -1.97. The van der Waals surface area contributed by atoms with Crippen molar-refractivity contribution in [1.82, 2.24) is 9.97 Å². The number of aromatic nitrogens is 2. The van der Waals surface area contributed by atoms with Crippen LogP contribution in [0.15, 0.2) is 23.6 Å². The van der Waals surface area contributed by atoms with Gasteiger partial charge in [-0.15, -0.1) is 11.3 Å². The minimum absolute atomic E-state index is 0.706. The average molecular weight is 296 g/mol. The van der Waals surface area contributed by atoms with Crippen LogP contribution in [0.1, 0.15) is 10.7 Å². The molecular weight excluding hydrogens is 286 g/mol. The van der Waals surface area contributed by atoms with Crippen LogP contribution in [0.4, 0.5) is 5.13 Å². The predicted octanol–water partition coefficient (Wildman–Crippen LogP) is 4.33. The zero-order valence-electron chi connectivity index (χ0n) is 9.61. The summed E-state index contributed by atoms with van der Waals surface area (Å²) in [6, 6.07) is 5.73. The molecule has 0 spiro atoms. The monoisotopic (exact) mass is 295 g/mol. The number of nitrogens with one attached hydrogen (secondary N) is 1. The van der Waals surface area contributed by atoms with Gasteiger partial charge in [-0.3, -0.25) is 0 Å². The zero-order valence-corrected chi connectivity index (χ0v) is 12.0. The number of hydrogen-bond acceptors (Lipinski definition) is 5. The SMILES string of the molecule is Cc1nc(CNc2nc3ccc(Cl)cc3s2)cs1. The van der Waals surface area contributed by atoms with E-state index < -0.39 is 0 Å². The molecule has 1 aromatic carbocycles. The Morgan fingerprint density at radius 2 is 2.22 bits per heavy atom. The molecule has 0 unspecified atom stereocenters. The van der Waals surface area contributed by atoms with Crippen LogP contribution in [0.25, 0.3) is 10.2 Å². The molecule has 92 valence electrons. The van der Waals surface area contributed by atoms with Crippen molar-refractivity contribution in [1.29, 1.82) is 0 Å². The molecule has 0 aliphatic carbocycles. The molecule has 0 amide bonds. The Morgan fingerprint density at radius 1 is 1.33 bits per heavy atom. The maximum Gasteiger partial charge on any atom is 0.184 e. The highest BCUT2D eigenvalue weighted by Gasteiger charge is 2.05. The number of halogens is 1. The molecular formula is C12H10ClN3S2. The average Bonchev–Trinajstić information content (AvgIpc) is 2.92. The van der Waals surface area contributed by atoms with Crippen molar-refractivity contribution in [3.05, 3.63) is 39.3 Å². The normalized spacial score (nSPS) is 11.0. The third kappa shape index (κ3) is 2.48. The topological polar surface area (TPSA) is 37.8 Å². The van der Waals surface area contributed by atoms with Crippen molar-refractivity contribution < 1.29 is 0 Å². The van der Waals surface area contributed by atoms with E-state index in [9.17, 15) is 0 Å². The molecule has 0 aliphatic heterocycles. The van der Waals surface area contributed by atoms with Gasteiger partial charge < -0.3 is 5.32 Å². The summed E-state index contributed by atoms with van der Waals surface area (Å²) in [6.07, 6.45) is 0. The maximum absolute atomic E-state index is 5.95. The van der Waals surface area contributed by atoms with Crippen molar-refractivity contribution in [2.24, 2.45) is 0 Å². The van der Waals surface area contributed by atoms with Gasteiger partial charge in [-0.1, -0.05) is 22.9 Å². The summed E-state index contributed by atoms with van der Waals surface area (Å²) in [5.41, 5.74) is 2.02. The molecule has 0 aliphatic rings. The summed E-state index contributed by atoms with van der Waals surface area (Å²) in [5, 5.41) is 8.08. The molecule has 3 rings (SSSR count). The Balaban J connectivity index is 1.78. The van der Waals surface area contributed by atoms with Crippen LogP contribution in [0, 0.1) is 6.92 Å². The summed E-state index contributed by atoms with van der Waals surface area (Å²) in [5.74, 6) is 0. The molecule has 0 fully saturated rings. The van der Waals surface area contributed by atoms with Gasteiger partial charge >= 0.3 is 0 Å². The first kappa shape index (κ1) is 11.9. The smallest absolute Gasteiger partial charge is 0.184 e. The highest BCUT2D eigenvalue weighted by molar-refractivity contribution is 7.22. The quantitative estimate of drug-likeness (QED) is 0.781. The number of anilines is 1. The van der Waals surface area contributed by atoms with E-state index in [2.05, 4.69) is 20.7 Å². The van der Waals surface area contributed by atoms with E-state index in [0.717, 1.165) is 31.1 Å². The van der Waals surface area contributed by atoms with Crippen molar-refractivity contribution in [2.75, 3.05) is 5.32 Å². The van der Waals surface area contributed by atoms with Gasteiger partial charge in [0.25, 0.3) is 0 Å². The number of benzene rings is 1. The van der Waals surface area contributed by atoms with Crippen LogP contribution in [0.5, 0.6) is 0 Å². The molecule has 3 aromatic rings. The molecule has 3 nitrogen and oxygen atoms in total. The zero-order chi connectivity index (χ0) is 12.5. The minimum atomic E-state index is 0.706. The first-order valence-electron chi connectivity index (χ1n) is 5.42. The van der Waals surface area contributed by atoms with Gasteiger partial charge in [0, 0.05) is 10.4 Å². The fourth-order valence-electron chi connectivity index (χ4n) is 1.63. The fourth-order valence-corrected chi connectivity index (χ4v) is 3.38. The second-order valence-electron chi connectivity index (χ2n) is 3.84. The fraction of sp³-hybridized carbons (Fsp3) is 0.167. The van der Waals surface area contributed by atoms with Crippen LogP contribution < -0.4 is 5.32 Å². The lowest BCUT2D eigenvalue weighted by molar-refractivity contribution is 1.05. The molecule has 1 N–H and O–H groups in total. The van der Waals surface area contributed by atoms with Gasteiger partial charge in [-0.05, 0) is 25.1 Å². The Bertz CT molecular complexity index is 690. The van der Waals surface area contributed by atoms with E-state index in [1.165, 1.54) is 0 Å². The first-order chi connectivity index (χ1) is 8.70. The molecule has 0 saturated carbocycles. The molecule has 18 heavy (non-hydrogen) atoms. The number of fused-ring (bicyclic) bond motifs is 1. The number of thiazole rings is 2. The van der Waals surface area contributed by atoms with Crippen molar-refractivity contribution in [3.8, 4) is 0 Å². The summed E-state index contributed by atoms with van der Waals surface area (Å²) in [6.45, 7) is 2.71. The lowest BCUT2D eigenvalue weighted by Crippen LogP contribution is -1.98. The standard InChI is InChI=1S/C12H10ClN3S2/c1-7-15-9(6-17-7)5-14-12-16-10-3-2-8(13)4-11(10)18-12/h2-4,6H,5H2,1H3,(H,14,16). The number of rotatable bonds is 3. The van der Waals surface area contributed by atoms with Crippen LogP contribution in [0.3, 0.4) is 0 Å².